The second-order valence-electron chi connectivity index (χ2n) is 8.20. The van der Waals surface area contributed by atoms with Gasteiger partial charge >= 0.3 is 0 Å². The van der Waals surface area contributed by atoms with Crippen LogP contribution in [0.5, 0.6) is 5.75 Å². The highest BCUT2D eigenvalue weighted by molar-refractivity contribution is 7.89. The molecule has 6 nitrogen and oxygen atoms in total. The number of carbonyl (C=O) groups excluding carboxylic acids is 1. The Hall–Kier alpha value is -1.60. The summed E-state index contributed by atoms with van der Waals surface area (Å²) in [6.07, 6.45) is 5.07. The lowest BCUT2D eigenvalue weighted by Gasteiger charge is -2.25. The summed E-state index contributed by atoms with van der Waals surface area (Å²) in [5.74, 6) is 2.27. The molecule has 3 rings (SSSR count). The van der Waals surface area contributed by atoms with E-state index in [0.29, 0.717) is 18.2 Å². The molecule has 2 N–H and O–H groups in total. The highest BCUT2D eigenvalue weighted by Crippen LogP contribution is 2.47. The molecule has 1 aromatic rings. The normalized spacial score (nSPS) is 25.6. The fourth-order valence-corrected chi connectivity index (χ4v) is 5.79. The van der Waals surface area contributed by atoms with Gasteiger partial charge in [0.25, 0.3) is 0 Å². The van der Waals surface area contributed by atoms with Crippen LogP contribution in [0.4, 0.5) is 0 Å². The monoisotopic (exact) mass is 394 g/mol. The molecule has 1 amide bonds. The van der Waals surface area contributed by atoms with Crippen LogP contribution in [0.25, 0.3) is 0 Å². The molecule has 0 aromatic heterocycles. The average Bonchev–Trinajstić information content (AvgIpc) is 3.27. The van der Waals surface area contributed by atoms with Crippen molar-refractivity contribution in [1.29, 1.82) is 0 Å². The van der Waals surface area contributed by atoms with Gasteiger partial charge in [0.05, 0.1) is 12.0 Å². The molecule has 1 aromatic carbocycles. The summed E-state index contributed by atoms with van der Waals surface area (Å²) in [6, 6.07) is 5.34. The maximum atomic E-state index is 12.7. The molecule has 2 saturated carbocycles. The van der Waals surface area contributed by atoms with Gasteiger partial charge in [-0.15, -0.1) is 0 Å². The highest BCUT2D eigenvalue weighted by atomic mass is 32.2. The summed E-state index contributed by atoms with van der Waals surface area (Å²) in [7, 11) is -2.26. The molecule has 0 heterocycles. The van der Waals surface area contributed by atoms with Crippen LogP contribution in [-0.4, -0.2) is 34.0 Å². The van der Waals surface area contributed by atoms with Crippen molar-refractivity contribution in [1.82, 2.24) is 10.0 Å². The van der Waals surface area contributed by atoms with Crippen molar-refractivity contribution in [2.24, 2.45) is 23.7 Å². The van der Waals surface area contributed by atoms with Gasteiger partial charge in [-0.3, -0.25) is 4.79 Å². The highest BCUT2D eigenvalue weighted by Gasteiger charge is 2.39. The van der Waals surface area contributed by atoms with Gasteiger partial charge in [0.2, 0.25) is 15.9 Å². The summed E-state index contributed by atoms with van der Waals surface area (Å²) in [6.45, 7) is 4.34. The number of nitrogens with one attached hydrogen (secondary N) is 2. The maximum Gasteiger partial charge on any atom is 0.241 e. The molecule has 2 aliphatic rings. The zero-order chi connectivity index (χ0) is 19.6. The SMILES string of the molecule is COc1ccc(S(=O)(=O)N[C@H](C(=O)NCC2CC3CCC2C3)C(C)C)cc1. The Bertz CT molecular complexity index is 761. The Balaban J connectivity index is 1.62. The van der Waals surface area contributed by atoms with Crippen LogP contribution in [0.15, 0.2) is 29.2 Å². The molecule has 7 heteroatoms. The fourth-order valence-electron chi connectivity index (χ4n) is 4.45. The van der Waals surface area contributed by atoms with E-state index in [-0.39, 0.29) is 16.7 Å². The van der Waals surface area contributed by atoms with Crippen LogP contribution < -0.4 is 14.8 Å². The van der Waals surface area contributed by atoms with Crippen LogP contribution >= 0.6 is 0 Å². The van der Waals surface area contributed by atoms with Crippen LogP contribution in [0, 0.1) is 23.7 Å². The van der Waals surface area contributed by atoms with Crippen LogP contribution in [0.2, 0.25) is 0 Å². The first-order valence-corrected chi connectivity index (χ1v) is 11.2. The standard InChI is InChI=1S/C20H30N2O4S/c1-13(2)19(20(23)21-12-16-11-14-4-5-15(16)10-14)22-27(24,25)18-8-6-17(26-3)7-9-18/h6-9,13-16,19,22H,4-5,10-12H2,1-3H3,(H,21,23)/t14?,15?,16?,19-/m0/s1. The quantitative estimate of drug-likeness (QED) is 0.710. The number of benzene rings is 1. The molecule has 0 radical (unpaired) electrons. The van der Waals surface area contributed by atoms with E-state index in [1.165, 1.54) is 44.9 Å². The Morgan fingerprint density at radius 2 is 1.89 bits per heavy atom. The summed E-state index contributed by atoms with van der Waals surface area (Å²) in [5, 5.41) is 3.00. The first kappa shape index (κ1) is 20.1. The van der Waals surface area contributed by atoms with E-state index in [1.807, 2.05) is 13.8 Å². The molecule has 150 valence electrons. The van der Waals surface area contributed by atoms with Gasteiger partial charge in [0.15, 0.2) is 0 Å². The van der Waals surface area contributed by atoms with Crippen molar-refractivity contribution in [3.63, 3.8) is 0 Å². The Morgan fingerprint density at radius 3 is 2.41 bits per heavy atom. The van der Waals surface area contributed by atoms with E-state index in [0.717, 1.165) is 11.8 Å². The van der Waals surface area contributed by atoms with E-state index < -0.39 is 16.1 Å². The van der Waals surface area contributed by atoms with Crippen molar-refractivity contribution < 1.29 is 17.9 Å². The lowest BCUT2D eigenvalue weighted by atomic mass is 9.89. The molecular weight excluding hydrogens is 364 g/mol. The molecule has 2 bridgehead atoms. The van der Waals surface area contributed by atoms with Crippen LogP contribution in [0.3, 0.4) is 0 Å². The molecule has 4 atom stereocenters. The van der Waals surface area contributed by atoms with E-state index in [9.17, 15) is 13.2 Å². The minimum atomic E-state index is -3.79. The van der Waals surface area contributed by atoms with Gasteiger partial charge in [-0.2, -0.15) is 4.72 Å². The smallest absolute Gasteiger partial charge is 0.241 e. The average molecular weight is 395 g/mol. The Labute approximate surface area is 162 Å². The number of fused-ring (bicyclic) bond motifs is 2. The van der Waals surface area contributed by atoms with E-state index in [4.69, 9.17) is 4.74 Å². The maximum absolute atomic E-state index is 12.7. The summed E-state index contributed by atoms with van der Waals surface area (Å²) in [5.41, 5.74) is 0. The van der Waals surface area contributed by atoms with Gasteiger partial charge in [-0.05, 0) is 67.2 Å². The van der Waals surface area contributed by atoms with Crippen molar-refractivity contribution in [2.75, 3.05) is 13.7 Å². The van der Waals surface area contributed by atoms with Gasteiger partial charge in [0.1, 0.15) is 11.8 Å². The first-order chi connectivity index (χ1) is 12.8. The third-order valence-electron chi connectivity index (χ3n) is 6.02. The van der Waals surface area contributed by atoms with Gasteiger partial charge < -0.3 is 10.1 Å². The number of carbonyl (C=O) groups is 1. The molecule has 2 fully saturated rings. The zero-order valence-electron chi connectivity index (χ0n) is 16.3. The third-order valence-corrected chi connectivity index (χ3v) is 7.48. The molecule has 0 aliphatic heterocycles. The Kier molecular flexibility index (Phi) is 6.11. The van der Waals surface area contributed by atoms with Crippen molar-refractivity contribution in [3.8, 4) is 5.75 Å². The molecule has 0 saturated heterocycles. The van der Waals surface area contributed by atoms with Gasteiger partial charge in [0, 0.05) is 6.54 Å². The van der Waals surface area contributed by atoms with Crippen LogP contribution in [0.1, 0.15) is 39.5 Å². The summed E-state index contributed by atoms with van der Waals surface area (Å²) < 4.78 is 33.0. The topological polar surface area (TPSA) is 84.5 Å². The lowest BCUT2D eigenvalue weighted by molar-refractivity contribution is -0.123. The van der Waals surface area contributed by atoms with E-state index in [1.54, 1.807) is 12.1 Å². The fraction of sp³-hybridized carbons (Fsp3) is 0.650. The number of hydrogen-bond donors (Lipinski definition) is 2. The van der Waals surface area contributed by atoms with Crippen molar-refractivity contribution >= 4 is 15.9 Å². The number of sulfonamides is 1. The molecule has 27 heavy (non-hydrogen) atoms. The summed E-state index contributed by atoms with van der Waals surface area (Å²) >= 11 is 0. The predicted molar refractivity (Wildman–Crippen MR) is 104 cm³/mol. The van der Waals surface area contributed by atoms with Crippen LogP contribution in [-0.2, 0) is 14.8 Å². The van der Waals surface area contributed by atoms with Gasteiger partial charge in [-0.1, -0.05) is 20.3 Å². The Morgan fingerprint density at radius 1 is 1.19 bits per heavy atom. The number of ether oxygens (including phenoxy) is 1. The van der Waals surface area contributed by atoms with E-state index >= 15 is 0 Å². The first-order valence-electron chi connectivity index (χ1n) is 9.74. The summed E-state index contributed by atoms with van der Waals surface area (Å²) in [4.78, 5) is 12.8. The third kappa shape index (κ3) is 4.63. The van der Waals surface area contributed by atoms with Gasteiger partial charge in [-0.25, -0.2) is 8.42 Å². The molecular formula is C20H30N2O4S. The number of methoxy groups -OCH3 is 1. The number of hydrogen-bond acceptors (Lipinski definition) is 4. The minimum absolute atomic E-state index is 0.120. The number of amides is 1. The van der Waals surface area contributed by atoms with Crippen molar-refractivity contribution in [2.45, 2.75) is 50.5 Å². The second kappa shape index (κ2) is 8.19. The molecule has 3 unspecified atom stereocenters. The predicted octanol–water partition coefficient (Wildman–Crippen LogP) is 2.55. The largest absolute Gasteiger partial charge is 0.497 e. The molecule has 2 aliphatic carbocycles. The lowest BCUT2D eigenvalue weighted by Crippen LogP contribution is -2.50. The minimum Gasteiger partial charge on any atom is -0.497 e. The molecule has 0 spiro atoms. The van der Waals surface area contributed by atoms with E-state index in [2.05, 4.69) is 10.0 Å². The number of rotatable bonds is 8. The van der Waals surface area contributed by atoms with Crippen molar-refractivity contribution in [3.05, 3.63) is 24.3 Å². The second-order valence-corrected chi connectivity index (χ2v) is 9.91. The zero-order valence-corrected chi connectivity index (χ0v) is 17.1.